The van der Waals surface area contributed by atoms with Crippen LogP contribution in [0.2, 0.25) is 5.02 Å². The first-order valence-corrected chi connectivity index (χ1v) is 10.5. The Labute approximate surface area is 186 Å². The van der Waals surface area contributed by atoms with Crippen LogP contribution in [0.4, 0.5) is 19.1 Å². The highest BCUT2D eigenvalue weighted by molar-refractivity contribution is 6.30. The number of aromatic nitrogens is 4. The monoisotopic (exact) mass is 471 g/mol. The van der Waals surface area contributed by atoms with Crippen molar-refractivity contribution in [3.8, 4) is 0 Å². The van der Waals surface area contributed by atoms with Crippen LogP contribution in [0.15, 0.2) is 23.3 Å². The average molecular weight is 472 g/mol. The lowest BCUT2D eigenvalue weighted by molar-refractivity contribution is -0.138. The molecule has 0 bridgehead atoms. The second kappa shape index (κ2) is 9.02. The molecule has 4 heterocycles. The molecule has 1 N–H and O–H groups in total. The summed E-state index contributed by atoms with van der Waals surface area (Å²) in [5, 5.41) is 6.52. The minimum absolute atomic E-state index is 0.0413. The predicted molar refractivity (Wildman–Crippen MR) is 109 cm³/mol. The van der Waals surface area contributed by atoms with Crippen LogP contribution in [-0.4, -0.2) is 75.1 Å². The van der Waals surface area contributed by atoms with E-state index in [1.54, 1.807) is 9.80 Å². The highest BCUT2D eigenvalue weighted by Gasteiger charge is 2.33. The number of rotatable bonds is 4. The molecule has 32 heavy (non-hydrogen) atoms. The van der Waals surface area contributed by atoms with E-state index in [1.807, 2.05) is 4.90 Å². The SMILES string of the molecule is O=C(CN1CCCC1c1cc(Cl)c(=O)[nH]n1)N1CCN(c2ncc(C(F)(F)F)cn2)CC1. The van der Waals surface area contributed by atoms with Crippen LogP contribution in [0.3, 0.4) is 0 Å². The van der Waals surface area contributed by atoms with Crippen LogP contribution in [0.5, 0.6) is 0 Å². The summed E-state index contributed by atoms with van der Waals surface area (Å²) >= 11 is 5.91. The third kappa shape index (κ3) is 4.85. The van der Waals surface area contributed by atoms with E-state index in [2.05, 4.69) is 20.2 Å². The van der Waals surface area contributed by atoms with Crippen LogP contribution >= 0.6 is 11.6 Å². The maximum atomic E-state index is 12.9. The molecule has 0 aliphatic carbocycles. The second-order valence-electron chi connectivity index (χ2n) is 7.74. The van der Waals surface area contributed by atoms with Crippen molar-refractivity contribution >= 4 is 23.5 Å². The highest BCUT2D eigenvalue weighted by Crippen LogP contribution is 2.31. The second-order valence-corrected chi connectivity index (χ2v) is 8.14. The molecule has 2 aliphatic heterocycles. The summed E-state index contributed by atoms with van der Waals surface area (Å²) in [6.45, 7) is 2.64. The Morgan fingerprint density at radius 1 is 1.16 bits per heavy atom. The lowest BCUT2D eigenvalue weighted by Crippen LogP contribution is -2.51. The molecule has 1 atom stereocenters. The molecule has 9 nitrogen and oxygen atoms in total. The number of alkyl halides is 3. The summed E-state index contributed by atoms with van der Waals surface area (Å²) < 4.78 is 38.0. The molecule has 2 aliphatic rings. The fourth-order valence-electron chi connectivity index (χ4n) is 3.98. The van der Waals surface area contributed by atoms with Crippen LogP contribution < -0.4 is 10.5 Å². The molecule has 2 aromatic rings. The Bertz CT molecular complexity index is 1020. The van der Waals surface area contributed by atoms with Gasteiger partial charge in [0.25, 0.3) is 5.56 Å². The summed E-state index contributed by atoms with van der Waals surface area (Å²) in [7, 11) is 0. The summed E-state index contributed by atoms with van der Waals surface area (Å²) in [5.74, 6) is 0.172. The largest absolute Gasteiger partial charge is 0.419 e. The number of likely N-dealkylation sites (tertiary alicyclic amines) is 1. The molecule has 0 spiro atoms. The van der Waals surface area contributed by atoms with Gasteiger partial charge in [-0.05, 0) is 25.5 Å². The predicted octanol–water partition coefficient (Wildman–Crippen LogP) is 1.72. The summed E-state index contributed by atoms with van der Waals surface area (Å²) in [6.07, 6.45) is -1.24. The van der Waals surface area contributed by atoms with E-state index < -0.39 is 17.3 Å². The van der Waals surface area contributed by atoms with Gasteiger partial charge < -0.3 is 9.80 Å². The molecule has 2 fully saturated rings. The zero-order valence-electron chi connectivity index (χ0n) is 17.0. The Kier molecular flexibility index (Phi) is 6.33. The minimum Gasteiger partial charge on any atom is -0.338 e. The number of halogens is 4. The smallest absolute Gasteiger partial charge is 0.338 e. The summed E-state index contributed by atoms with van der Waals surface area (Å²) in [5.41, 5.74) is -0.719. The number of nitrogens with zero attached hydrogens (tertiary/aromatic N) is 6. The van der Waals surface area contributed by atoms with E-state index in [9.17, 15) is 22.8 Å². The lowest BCUT2D eigenvalue weighted by atomic mass is 10.1. The maximum absolute atomic E-state index is 12.9. The van der Waals surface area contributed by atoms with Gasteiger partial charge in [0.1, 0.15) is 5.02 Å². The van der Waals surface area contributed by atoms with E-state index in [4.69, 9.17) is 11.6 Å². The van der Waals surface area contributed by atoms with Crippen LogP contribution in [0.1, 0.15) is 30.1 Å². The van der Waals surface area contributed by atoms with Gasteiger partial charge in [0.2, 0.25) is 11.9 Å². The van der Waals surface area contributed by atoms with Gasteiger partial charge in [0.15, 0.2) is 0 Å². The summed E-state index contributed by atoms with van der Waals surface area (Å²) in [6, 6.07) is 1.44. The third-order valence-electron chi connectivity index (χ3n) is 5.70. The number of nitrogens with one attached hydrogen (secondary N) is 1. The van der Waals surface area contributed by atoms with Crippen molar-refractivity contribution in [3.63, 3.8) is 0 Å². The van der Waals surface area contributed by atoms with Crippen LogP contribution in [0, 0.1) is 0 Å². The quantitative estimate of drug-likeness (QED) is 0.725. The molecule has 1 unspecified atom stereocenters. The van der Waals surface area contributed by atoms with Crippen molar-refractivity contribution in [2.45, 2.75) is 25.1 Å². The number of H-pyrrole nitrogens is 1. The van der Waals surface area contributed by atoms with E-state index in [0.717, 1.165) is 31.8 Å². The molecule has 2 saturated heterocycles. The molecule has 13 heteroatoms. The van der Waals surface area contributed by atoms with E-state index in [-0.39, 0.29) is 29.5 Å². The van der Waals surface area contributed by atoms with Crippen molar-refractivity contribution in [2.24, 2.45) is 0 Å². The van der Waals surface area contributed by atoms with Gasteiger partial charge in [-0.2, -0.15) is 18.3 Å². The van der Waals surface area contributed by atoms with Gasteiger partial charge in [-0.25, -0.2) is 15.1 Å². The molecule has 2 aromatic heterocycles. The highest BCUT2D eigenvalue weighted by atomic mass is 35.5. The molecule has 172 valence electrons. The minimum atomic E-state index is -4.48. The van der Waals surface area contributed by atoms with E-state index in [0.29, 0.717) is 31.9 Å². The number of carbonyl (C=O) groups excluding carboxylic acids is 1. The first kappa shape index (κ1) is 22.5. The third-order valence-corrected chi connectivity index (χ3v) is 5.98. The Hall–Kier alpha value is -2.73. The Balaban J connectivity index is 1.33. The van der Waals surface area contributed by atoms with Crippen molar-refractivity contribution in [1.29, 1.82) is 0 Å². The van der Waals surface area contributed by atoms with Gasteiger partial charge in [0.05, 0.1) is 23.8 Å². The van der Waals surface area contributed by atoms with Gasteiger partial charge in [-0.15, -0.1) is 0 Å². The Morgan fingerprint density at radius 3 is 2.47 bits per heavy atom. The molecule has 1 amide bonds. The molecule has 0 radical (unpaired) electrons. The van der Waals surface area contributed by atoms with Gasteiger partial charge >= 0.3 is 6.18 Å². The van der Waals surface area contributed by atoms with E-state index >= 15 is 0 Å². The van der Waals surface area contributed by atoms with Gasteiger partial charge in [-0.1, -0.05) is 11.6 Å². The fraction of sp³-hybridized carbons (Fsp3) is 0.526. The first-order valence-electron chi connectivity index (χ1n) is 10.1. The molecular formula is C19H21ClF3N7O2. The molecule has 0 aromatic carbocycles. The van der Waals surface area contributed by atoms with Crippen molar-refractivity contribution < 1.29 is 18.0 Å². The van der Waals surface area contributed by atoms with Crippen LogP contribution in [0.25, 0.3) is 0 Å². The van der Waals surface area contributed by atoms with E-state index in [1.165, 1.54) is 6.07 Å². The number of hydrogen-bond acceptors (Lipinski definition) is 7. The zero-order chi connectivity index (χ0) is 22.9. The number of anilines is 1. The number of aromatic amines is 1. The zero-order valence-corrected chi connectivity index (χ0v) is 17.7. The normalized spacial score (nSPS) is 20.1. The van der Waals surface area contributed by atoms with Gasteiger partial charge in [-0.3, -0.25) is 14.5 Å². The standard InChI is InChI=1S/C19H21ClF3N7O2/c20-13-8-14(26-27-17(13)32)15-2-1-3-30(15)11-16(31)28-4-6-29(7-5-28)18-24-9-12(10-25-18)19(21,22)23/h8-10,15H,1-7,11H2,(H,27,32). The van der Waals surface area contributed by atoms with Crippen molar-refractivity contribution in [3.05, 3.63) is 45.1 Å². The van der Waals surface area contributed by atoms with Crippen molar-refractivity contribution in [2.75, 3.05) is 44.2 Å². The number of carbonyl (C=O) groups is 1. The number of piperazine rings is 1. The molecular weight excluding hydrogens is 451 g/mol. The summed E-state index contributed by atoms with van der Waals surface area (Å²) in [4.78, 5) is 37.5. The van der Waals surface area contributed by atoms with Gasteiger partial charge in [0, 0.05) is 38.6 Å². The van der Waals surface area contributed by atoms with Crippen molar-refractivity contribution in [1.82, 2.24) is 30.0 Å². The molecule has 0 saturated carbocycles. The fourth-order valence-corrected chi connectivity index (χ4v) is 4.13. The first-order chi connectivity index (χ1) is 15.2. The number of amides is 1. The maximum Gasteiger partial charge on any atom is 0.419 e. The average Bonchev–Trinajstić information content (AvgIpc) is 3.23. The Morgan fingerprint density at radius 2 is 1.84 bits per heavy atom. The topological polar surface area (TPSA) is 98.3 Å². The number of hydrogen-bond donors (Lipinski definition) is 1. The molecule has 4 rings (SSSR count). The lowest BCUT2D eigenvalue weighted by Gasteiger charge is -2.36. The van der Waals surface area contributed by atoms with Crippen LogP contribution in [-0.2, 0) is 11.0 Å².